The highest BCUT2D eigenvalue weighted by Gasteiger charge is 2.64. The third-order valence-electron chi connectivity index (χ3n) is 5.35. The summed E-state index contributed by atoms with van der Waals surface area (Å²) in [6.07, 6.45) is 6.22. The molecule has 1 aromatic rings. The summed E-state index contributed by atoms with van der Waals surface area (Å²) in [5.74, 6) is 0.803. The van der Waals surface area contributed by atoms with E-state index in [4.69, 9.17) is 16.3 Å². The second-order valence-corrected chi connectivity index (χ2v) is 7.26. The Hall–Kier alpha value is -1.75. The number of phenols is 1. The van der Waals surface area contributed by atoms with Crippen molar-refractivity contribution in [1.82, 2.24) is 5.43 Å². The number of aromatic hydroxyl groups is 1. The molecule has 2 aliphatic rings. The molecule has 0 heterocycles. The lowest BCUT2D eigenvalue weighted by atomic mass is 9.90. The quantitative estimate of drug-likeness (QED) is 0.628. The molecule has 0 unspecified atom stereocenters. The van der Waals surface area contributed by atoms with E-state index < -0.39 is 0 Å². The zero-order valence-electron chi connectivity index (χ0n) is 14.0. The largest absolute Gasteiger partial charge is 0.503 e. The maximum Gasteiger partial charge on any atom is 0.244 e. The number of nitrogens with one attached hydrogen (secondary N) is 1. The Labute approximate surface area is 147 Å². The molecule has 2 fully saturated rings. The summed E-state index contributed by atoms with van der Waals surface area (Å²) in [5.41, 5.74) is 3.47. The van der Waals surface area contributed by atoms with E-state index in [2.05, 4.69) is 17.5 Å². The zero-order chi connectivity index (χ0) is 17.3. The van der Waals surface area contributed by atoms with E-state index in [0.717, 1.165) is 12.8 Å². The molecule has 2 aliphatic carbocycles. The van der Waals surface area contributed by atoms with Crippen molar-refractivity contribution in [1.29, 1.82) is 0 Å². The number of nitrogens with zero attached hydrogens (tertiary/aromatic N) is 1. The van der Waals surface area contributed by atoms with Crippen LogP contribution < -0.4 is 10.2 Å². The Morgan fingerprint density at radius 3 is 3.00 bits per heavy atom. The molecule has 1 aromatic carbocycles. The molecule has 3 rings (SSSR count). The highest BCUT2D eigenvalue weighted by Crippen LogP contribution is 2.66. The van der Waals surface area contributed by atoms with Crippen molar-refractivity contribution in [2.24, 2.45) is 22.4 Å². The van der Waals surface area contributed by atoms with Gasteiger partial charge in [0.15, 0.2) is 11.5 Å². The summed E-state index contributed by atoms with van der Waals surface area (Å²) in [6, 6.07) is 3.21. The maximum absolute atomic E-state index is 12.3. The van der Waals surface area contributed by atoms with Crippen LogP contribution in [0.5, 0.6) is 11.5 Å². The average Bonchev–Trinajstić information content (AvgIpc) is 3.18. The fraction of sp³-hybridized carbons (Fsp3) is 0.556. The zero-order valence-corrected chi connectivity index (χ0v) is 14.8. The molecule has 0 aromatic heterocycles. The predicted octanol–water partition coefficient (Wildman–Crippen LogP) is 3.72. The van der Waals surface area contributed by atoms with Crippen LogP contribution in [0.3, 0.4) is 0 Å². The number of ether oxygens (including phenoxy) is 1. The van der Waals surface area contributed by atoms with Crippen LogP contribution in [0.1, 0.15) is 45.1 Å². The van der Waals surface area contributed by atoms with Gasteiger partial charge in [0.05, 0.1) is 17.8 Å². The minimum Gasteiger partial charge on any atom is -0.503 e. The first-order chi connectivity index (χ1) is 11.5. The number of hydrazone groups is 1. The molecule has 5 nitrogen and oxygen atoms in total. The molecule has 130 valence electrons. The fourth-order valence-electron chi connectivity index (χ4n) is 4.02. The summed E-state index contributed by atoms with van der Waals surface area (Å²) in [6.45, 7) is 4.45. The van der Waals surface area contributed by atoms with Gasteiger partial charge >= 0.3 is 0 Å². The van der Waals surface area contributed by atoms with Crippen LogP contribution in [0.25, 0.3) is 0 Å². The van der Waals surface area contributed by atoms with Crippen molar-refractivity contribution in [3.8, 4) is 11.5 Å². The molecular formula is C18H23ClN2O3. The lowest BCUT2D eigenvalue weighted by Gasteiger charge is -2.15. The number of halogens is 1. The number of hydrogen-bond acceptors (Lipinski definition) is 4. The van der Waals surface area contributed by atoms with E-state index in [1.807, 2.05) is 6.92 Å². The molecule has 0 radical (unpaired) electrons. The molecule has 2 N–H and O–H groups in total. The van der Waals surface area contributed by atoms with Gasteiger partial charge in [0, 0.05) is 5.92 Å². The molecule has 6 heteroatoms. The second-order valence-electron chi connectivity index (χ2n) is 6.85. The minimum atomic E-state index is -0.0883. The molecule has 0 bridgehead atoms. The summed E-state index contributed by atoms with van der Waals surface area (Å²) in [4.78, 5) is 12.3. The van der Waals surface area contributed by atoms with Crippen LogP contribution in [-0.2, 0) is 4.79 Å². The van der Waals surface area contributed by atoms with E-state index in [1.54, 1.807) is 12.1 Å². The molecule has 0 aliphatic heterocycles. The minimum absolute atomic E-state index is 0.00411. The van der Waals surface area contributed by atoms with Crippen molar-refractivity contribution < 1.29 is 14.6 Å². The van der Waals surface area contributed by atoms with Crippen molar-refractivity contribution in [3.63, 3.8) is 0 Å². The van der Waals surface area contributed by atoms with Gasteiger partial charge in [-0.15, -0.1) is 0 Å². The number of rotatable bonds is 5. The van der Waals surface area contributed by atoms with Crippen molar-refractivity contribution in [2.45, 2.75) is 39.5 Å². The highest BCUT2D eigenvalue weighted by molar-refractivity contribution is 6.32. The van der Waals surface area contributed by atoms with E-state index in [-0.39, 0.29) is 28.0 Å². The molecule has 0 saturated heterocycles. The summed E-state index contributed by atoms with van der Waals surface area (Å²) in [5, 5.41) is 14.1. The SMILES string of the molecule is CCOc1cc(/C=N\NC(=O)[C@@H]2[C@@H]3CCCC[C@@]23C)cc(Cl)c1O. The number of benzene rings is 1. The van der Waals surface area contributed by atoms with Crippen LogP contribution in [0.15, 0.2) is 17.2 Å². The first-order valence-corrected chi connectivity index (χ1v) is 8.83. The Balaban J connectivity index is 1.63. The van der Waals surface area contributed by atoms with Crippen LogP contribution in [-0.4, -0.2) is 23.8 Å². The van der Waals surface area contributed by atoms with E-state index in [0.29, 0.717) is 23.8 Å². The number of hydrogen-bond donors (Lipinski definition) is 2. The molecular weight excluding hydrogens is 328 g/mol. The standard InChI is InChI=1S/C18H23ClN2O3/c1-3-24-14-9-11(8-13(19)16(14)22)10-20-21-17(23)15-12-6-4-5-7-18(12,15)2/h8-10,12,15,22H,3-7H2,1-2H3,(H,21,23)/b20-10-/t12-,15-,18+/m0/s1. The van der Waals surface area contributed by atoms with Crippen LogP contribution >= 0.6 is 11.6 Å². The van der Waals surface area contributed by atoms with Gasteiger partial charge in [0.25, 0.3) is 0 Å². The summed E-state index contributed by atoms with van der Waals surface area (Å²) in [7, 11) is 0. The second kappa shape index (κ2) is 6.63. The maximum atomic E-state index is 12.3. The topological polar surface area (TPSA) is 70.9 Å². The van der Waals surface area contributed by atoms with Gasteiger partial charge in [-0.2, -0.15) is 5.10 Å². The monoisotopic (exact) mass is 350 g/mol. The average molecular weight is 351 g/mol. The molecule has 3 atom stereocenters. The molecule has 0 spiro atoms. The number of fused-ring (bicyclic) bond motifs is 1. The normalized spacial score (nSPS) is 28.5. The van der Waals surface area contributed by atoms with Gasteiger partial charge in [0.1, 0.15) is 0 Å². The van der Waals surface area contributed by atoms with Crippen LogP contribution in [0.4, 0.5) is 0 Å². The van der Waals surface area contributed by atoms with Gasteiger partial charge < -0.3 is 9.84 Å². The van der Waals surface area contributed by atoms with Gasteiger partial charge in [-0.3, -0.25) is 4.79 Å². The predicted molar refractivity (Wildman–Crippen MR) is 93.6 cm³/mol. The Kier molecular flexibility index (Phi) is 4.72. The molecule has 1 amide bonds. The van der Waals surface area contributed by atoms with Crippen molar-refractivity contribution >= 4 is 23.7 Å². The number of carbonyl (C=O) groups excluding carboxylic acids is 1. The number of phenolic OH excluding ortho intramolecular Hbond substituents is 1. The van der Waals surface area contributed by atoms with Crippen LogP contribution in [0, 0.1) is 17.3 Å². The molecule has 2 saturated carbocycles. The third kappa shape index (κ3) is 3.09. The third-order valence-corrected chi connectivity index (χ3v) is 5.64. The van der Waals surface area contributed by atoms with Crippen LogP contribution in [0.2, 0.25) is 5.02 Å². The number of amides is 1. The van der Waals surface area contributed by atoms with Crippen molar-refractivity contribution in [2.75, 3.05) is 6.61 Å². The van der Waals surface area contributed by atoms with Gasteiger partial charge in [-0.1, -0.05) is 31.4 Å². The fourth-order valence-corrected chi connectivity index (χ4v) is 4.24. The summed E-state index contributed by atoms with van der Waals surface area (Å²) < 4.78 is 5.33. The Bertz CT molecular complexity index is 676. The van der Waals surface area contributed by atoms with Gasteiger partial charge in [-0.25, -0.2) is 5.43 Å². The smallest absolute Gasteiger partial charge is 0.244 e. The first-order valence-electron chi connectivity index (χ1n) is 8.45. The van der Waals surface area contributed by atoms with Crippen molar-refractivity contribution in [3.05, 3.63) is 22.7 Å². The lowest BCUT2D eigenvalue weighted by molar-refractivity contribution is -0.123. The molecule has 24 heavy (non-hydrogen) atoms. The van der Waals surface area contributed by atoms with E-state index >= 15 is 0 Å². The Morgan fingerprint density at radius 2 is 2.33 bits per heavy atom. The Morgan fingerprint density at radius 1 is 1.54 bits per heavy atom. The first kappa shape index (κ1) is 17.1. The number of carbonyl (C=O) groups is 1. The summed E-state index contributed by atoms with van der Waals surface area (Å²) >= 11 is 5.98. The lowest BCUT2D eigenvalue weighted by Crippen LogP contribution is -2.22. The van der Waals surface area contributed by atoms with E-state index in [1.165, 1.54) is 19.1 Å². The van der Waals surface area contributed by atoms with E-state index in [9.17, 15) is 9.90 Å². The van der Waals surface area contributed by atoms with Gasteiger partial charge in [0.2, 0.25) is 5.91 Å². The van der Waals surface area contributed by atoms with Gasteiger partial charge in [-0.05, 0) is 48.8 Å². The highest BCUT2D eigenvalue weighted by atomic mass is 35.5.